The molecule has 0 spiro atoms. The second-order valence-electron chi connectivity index (χ2n) is 4.02. The fraction of sp³-hybridized carbons (Fsp3) is 0.286. The van der Waals surface area contributed by atoms with E-state index in [0.29, 0.717) is 0 Å². The third-order valence-electron chi connectivity index (χ3n) is 2.44. The van der Waals surface area contributed by atoms with E-state index in [-0.39, 0.29) is 27.8 Å². The predicted octanol–water partition coefficient (Wildman–Crippen LogP) is 3.86. The van der Waals surface area contributed by atoms with E-state index < -0.39 is 23.9 Å². The Morgan fingerprint density at radius 2 is 1.86 bits per heavy atom. The number of esters is 2. The zero-order chi connectivity index (χ0) is 16.2. The van der Waals surface area contributed by atoms with Gasteiger partial charge < -0.3 is 9.47 Å². The molecule has 0 bridgehead atoms. The maximum atomic E-state index is 13.2. The number of hydrogen-bond acceptors (Lipinski definition) is 4. The quantitative estimate of drug-likeness (QED) is 0.606. The van der Waals surface area contributed by atoms with Gasteiger partial charge >= 0.3 is 11.9 Å². The van der Waals surface area contributed by atoms with E-state index in [0.717, 1.165) is 19.1 Å². The van der Waals surface area contributed by atoms with Crippen LogP contribution in [0.2, 0.25) is 10.0 Å². The minimum absolute atomic E-state index is 0.0768. The molecule has 21 heavy (non-hydrogen) atoms. The maximum Gasteiger partial charge on any atom is 0.337 e. The fourth-order valence-corrected chi connectivity index (χ4v) is 2.26. The van der Waals surface area contributed by atoms with E-state index in [1.807, 2.05) is 0 Å². The van der Waals surface area contributed by atoms with Crippen molar-refractivity contribution in [3.05, 3.63) is 45.7 Å². The summed E-state index contributed by atoms with van der Waals surface area (Å²) in [5.74, 6) is -2.10. The van der Waals surface area contributed by atoms with Crippen LogP contribution in [0.15, 0.2) is 24.3 Å². The Kier molecular flexibility index (Phi) is 6.18. The van der Waals surface area contributed by atoms with Crippen LogP contribution in [0.1, 0.15) is 25.5 Å². The molecule has 0 N–H and O–H groups in total. The highest BCUT2D eigenvalue weighted by atomic mass is 35.5. The van der Waals surface area contributed by atoms with Crippen LogP contribution in [0.3, 0.4) is 0 Å². The average molecular weight is 335 g/mol. The Morgan fingerprint density at radius 1 is 1.33 bits per heavy atom. The fourth-order valence-electron chi connectivity index (χ4n) is 1.60. The van der Waals surface area contributed by atoms with Crippen molar-refractivity contribution in [2.45, 2.75) is 20.0 Å². The summed E-state index contributed by atoms with van der Waals surface area (Å²) >= 11 is 11.9. The van der Waals surface area contributed by atoms with E-state index >= 15 is 0 Å². The van der Waals surface area contributed by atoms with E-state index in [1.165, 1.54) is 0 Å². The summed E-state index contributed by atoms with van der Waals surface area (Å²) in [6, 6.07) is 2.00. The van der Waals surface area contributed by atoms with Crippen molar-refractivity contribution in [3.63, 3.8) is 0 Å². The first-order valence-electron chi connectivity index (χ1n) is 5.95. The SMILES string of the molecule is C=C(C(=O)OCC)C(OC(C)=O)c1c(Cl)cc(F)cc1Cl. The highest BCUT2D eigenvalue weighted by molar-refractivity contribution is 6.36. The zero-order valence-corrected chi connectivity index (χ0v) is 12.9. The summed E-state index contributed by atoms with van der Waals surface area (Å²) in [6.45, 7) is 6.43. The van der Waals surface area contributed by atoms with E-state index in [4.69, 9.17) is 32.7 Å². The van der Waals surface area contributed by atoms with Gasteiger partial charge in [0, 0.05) is 12.5 Å². The van der Waals surface area contributed by atoms with Gasteiger partial charge in [0.05, 0.1) is 22.2 Å². The third kappa shape index (κ3) is 4.44. The minimum Gasteiger partial charge on any atom is -0.463 e. The van der Waals surface area contributed by atoms with Gasteiger partial charge in [-0.1, -0.05) is 29.8 Å². The Morgan fingerprint density at radius 3 is 2.29 bits per heavy atom. The smallest absolute Gasteiger partial charge is 0.337 e. The van der Waals surface area contributed by atoms with Crippen molar-refractivity contribution in [1.82, 2.24) is 0 Å². The van der Waals surface area contributed by atoms with Crippen molar-refractivity contribution in [1.29, 1.82) is 0 Å². The summed E-state index contributed by atoms with van der Waals surface area (Å²) in [5, 5.41) is -0.173. The highest BCUT2D eigenvalue weighted by Crippen LogP contribution is 2.37. The number of rotatable bonds is 5. The molecular formula is C14H13Cl2FO4. The summed E-state index contributed by atoms with van der Waals surface area (Å²) in [4.78, 5) is 23.0. The molecule has 0 heterocycles. The number of benzene rings is 1. The lowest BCUT2D eigenvalue weighted by molar-refractivity contribution is -0.147. The lowest BCUT2D eigenvalue weighted by atomic mass is 10.0. The van der Waals surface area contributed by atoms with Crippen LogP contribution < -0.4 is 0 Å². The molecule has 114 valence electrons. The molecule has 0 amide bonds. The van der Waals surface area contributed by atoms with Gasteiger partial charge in [-0.2, -0.15) is 0 Å². The van der Waals surface area contributed by atoms with Gasteiger partial charge in [0.1, 0.15) is 5.82 Å². The molecule has 1 aromatic rings. The van der Waals surface area contributed by atoms with Crippen LogP contribution in [0.4, 0.5) is 4.39 Å². The van der Waals surface area contributed by atoms with Gasteiger partial charge in [-0.25, -0.2) is 9.18 Å². The predicted molar refractivity (Wildman–Crippen MR) is 76.7 cm³/mol. The Labute approximate surface area is 131 Å². The lowest BCUT2D eigenvalue weighted by Gasteiger charge is -2.21. The van der Waals surface area contributed by atoms with Crippen LogP contribution in [-0.4, -0.2) is 18.5 Å². The van der Waals surface area contributed by atoms with E-state index in [1.54, 1.807) is 6.92 Å². The van der Waals surface area contributed by atoms with Gasteiger partial charge in [-0.15, -0.1) is 0 Å². The number of ether oxygens (including phenoxy) is 2. The van der Waals surface area contributed by atoms with Gasteiger partial charge in [-0.3, -0.25) is 4.79 Å². The summed E-state index contributed by atoms with van der Waals surface area (Å²) in [6.07, 6.45) is -1.25. The van der Waals surface area contributed by atoms with Crippen molar-refractivity contribution in [2.75, 3.05) is 6.61 Å². The molecule has 0 aliphatic heterocycles. The van der Waals surface area contributed by atoms with Crippen molar-refractivity contribution in [2.24, 2.45) is 0 Å². The van der Waals surface area contributed by atoms with Crippen LogP contribution in [0.25, 0.3) is 0 Å². The van der Waals surface area contributed by atoms with Gasteiger partial charge in [0.15, 0.2) is 6.10 Å². The lowest BCUT2D eigenvalue weighted by Crippen LogP contribution is -2.19. The molecule has 0 saturated heterocycles. The maximum absolute atomic E-state index is 13.2. The second kappa shape index (κ2) is 7.43. The summed E-state index contributed by atoms with van der Waals surface area (Å²) in [7, 11) is 0. The van der Waals surface area contributed by atoms with Gasteiger partial charge in [0.2, 0.25) is 0 Å². The molecule has 1 atom stereocenters. The largest absolute Gasteiger partial charge is 0.463 e. The number of hydrogen-bond donors (Lipinski definition) is 0. The Bertz CT molecular complexity index is 563. The monoisotopic (exact) mass is 334 g/mol. The molecule has 4 nitrogen and oxygen atoms in total. The molecule has 1 unspecified atom stereocenters. The first-order valence-corrected chi connectivity index (χ1v) is 6.71. The molecule has 7 heteroatoms. The summed E-state index contributed by atoms with van der Waals surface area (Å²) < 4.78 is 23.1. The molecule has 0 fully saturated rings. The highest BCUT2D eigenvalue weighted by Gasteiger charge is 2.29. The first-order chi connectivity index (χ1) is 9.77. The topological polar surface area (TPSA) is 52.6 Å². The molecule has 1 aromatic carbocycles. The molecule has 0 aliphatic carbocycles. The Balaban J connectivity index is 3.29. The van der Waals surface area contributed by atoms with Crippen LogP contribution in [0, 0.1) is 5.82 Å². The molecular weight excluding hydrogens is 322 g/mol. The van der Waals surface area contributed by atoms with Crippen LogP contribution in [0.5, 0.6) is 0 Å². The van der Waals surface area contributed by atoms with Crippen LogP contribution >= 0.6 is 23.2 Å². The third-order valence-corrected chi connectivity index (χ3v) is 3.07. The average Bonchev–Trinajstić information content (AvgIpc) is 2.35. The normalized spacial score (nSPS) is 11.7. The van der Waals surface area contributed by atoms with E-state index in [9.17, 15) is 14.0 Å². The van der Waals surface area contributed by atoms with Crippen molar-refractivity contribution >= 4 is 35.1 Å². The Hall–Kier alpha value is -1.59. The minimum atomic E-state index is -1.25. The second-order valence-corrected chi connectivity index (χ2v) is 4.83. The standard InChI is InChI=1S/C14H13Cl2FO4/c1-4-20-14(19)7(2)13(21-8(3)18)12-10(15)5-9(17)6-11(12)16/h5-6,13H,2,4H2,1,3H3. The van der Waals surface area contributed by atoms with Crippen molar-refractivity contribution < 1.29 is 23.5 Å². The molecule has 0 aromatic heterocycles. The van der Waals surface area contributed by atoms with Crippen molar-refractivity contribution in [3.8, 4) is 0 Å². The summed E-state index contributed by atoms with van der Waals surface area (Å²) in [5.41, 5.74) is -0.0876. The van der Waals surface area contributed by atoms with Gasteiger partial charge in [0.25, 0.3) is 0 Å². The number of carbonyl (C=O) groups is 2. The number of halogens is 3. The zero-order valence-electron chi connectivity index (χ0n) is 11.4. The van der Waals surface area contributed by atoms with E-state index in [2.05, 4.69) is 6.58 Å². The molecule has 0 radical (unpaired) electrons. The number of carbonyl (C=O) groups excluding carboxylic acids is 2. The van der Waals surface area contributed by atoms with Gasteiger partial charge in [-0.05, 0) is 19.1 Å². The first kappa shape index (κ1) is 17.5. The van der Waals surface area contributed by atoms with Crippen LogP contribution in [-0.2, 0) is 19.1 Å². The molecule has 1 rings (SSSR count). The molecule has 0 saturated carbocycles. The molecule has 0 aliphatic rings.